The number of nitrogens with one attached hydrogen (secondary N) is 1. The van der Waals surface area contributed by atoms with Crippen LogP contribution in [0.15, 0.2) is 12.5 Å². The number of rotatable bonds is 5. The molecule has 1 N–H and O–H groups in total. The molecule has 0 radical (unpaired) electrons. The molecule has 1 aromatic rings. The van der Waals surface area contributed by atoms with Crippen LogP contribution in [0.4, 0.5) is 0 Å². The van der Waals surface area contributed by atoms with E-state index < -0.39 is 0 Å². The first-order valence-corrected chi connectivity index (χ1v) is 6.28. The second-order valence-corrected chi connectivity index (χ2v) is 4.41. The van der Waals surface area contributed by atoms with Gasteiger partial charge >= 0.3 is 0 Å². The number of amides is 1. The van der Waals surface area contributed by atoms with Gasteiger partial charge in [0.05, 0.1) is 12.0 Å². The van der Waals surface area contributed by atoms with E-state index in [0.29, 0.717) is 6.54 Å². The molecule has 0 bridgehead atoms. The van der Waals surface area contributed by atoms with Crippen LogP contribution in [0.5, 0.6) is 0 Å². The standard InChI is InChI=1S/C12H20N4O/c1-2-13-7-11-8-15(10-14-11)9-12(17)16-5-3-4-6-16/h8,10,13H,2-7,9H2,1H3. The van der Waals surface area contributed by atoms with Crippen molar-refractivity contribution in [1.29, 1.82) is 0 Å². The van der Waals surface area contributed by atoms with Crippen molar-refractivity contribution in [2.45, 2.75) is 32.9 Å². The summed E-state index contributed by atoms with van der Waals surface area (Å²) in [6.45, 7) is 6.00. The summed E-state index contributed by atoms with van der Waals surface area (Å²) < 4.78 is 1.87. The molecular formula is C12H20N4O. The molecule has 2 rings (SSSR count). The lowest BCUT2D eigenvalue weighted by atomic mass is 10.4. The number of carbonyl (C=O) groups excluding carboxylic acids is 1. The monoisotopic (exact) mass is 236 g/mol. The summed E-state index contributed by atoms with van der Waals surface area (Å²) in [6, 6.07) is 0. The number of hydrogen-bond donors (Lipinski definition) is 1. The summed E-state index contributed by atoms with van der Waals surface area (Å²) >= 11 is 0. The van der Waals surface area contributed by atoms with E-state index in [4.69, 9.17) is 0 Å². The minimum absolute atomic E-state index is 0.204. The largest absolute Gasteiger partial charge is 0.341 e. The maximum Gasteiger partial charge on any atom is 0.242 e. The van der Waals surface area contributed by atoms with E-state index in [1.165, 1.54) is 0 Å². The van der Waals surface area contributed by atoms with Crippen LogP contribution in [-0.2, 0) is 17.9 Å². The van der Waals surface area contributed by atoms with E-state index in [1.54, 1.807) is 6.33 Å². The lowest BCUT2D eigenvalue weighted by molar-refractivity contribution is -0.130. The summed E-state index contributed by atoms with van der Waals surface area (Å²) in [6.07, 6.45) is 5.96. The molecule has 1 aliphatic heterocycles. The first-order valence-electron chi connectivity index (χ1n) is 6.28. The van der Waals surface area contributed by atoms with E-state index in [-0.39, 0.29) is 5.91 Å². The van der Waals surface area contributed by atoms with Crippen molar-refractivity contribution in [3.05, 3.63) is 18.2 Å². The summed E-state index contributed by atoms with van der Waals surface area (Å²) in [5.41, 5.74) is 0.987. The molecule has 1 aromatic heterocycles. The maximum atomic E-state index is 11.9. The zero-order chi connectivity index (χ0) is 12.1. The lowest BCUT2D eigenvalue weighted by Crippen LogP contribution is -2.30. The van der Waals surface area contributed by atoms with Crippen molar-refractivity contribution in [2.24, 2.45) is 0 Å². The van der Waals surface area contributed by atoms with Gasteiger partial charge in [-0.05, 0) is 19.4 Å². The molecule has 94 valence electrons. The number of likely N-dealkylation sites (tertiary alicyclic amines) is 1. The number of imidazole rings is 1. The molecule has 0 atom stereocenters. The topological polar surface area (TPSA) is 50.2 Å². The van der Waals surface area contributed by atoms with Crippen molar-refractivity contribution < 1.29 is 4.79 Å². The Kier molecular flexibility index (Phi) is 4.14. The Morgan fingerprint density at radius 2 is 2.24 bits per heavy atom. The molecule has 1 aliphatic rings. The fourth-order valence-corrected chi connectivity index (χ4v) is 2.06. The van der Waals surface area contributed by atoms with Gasteiger partial charge in [0.15, 0.2) is 0 Å². The molecule has 2 heterocycles. The Balaban J connectivity index is 1.85. The predicted molar refractivity (Wildman–Crippen MR) is 65.4 cm³/mol. The molecule has 5 nitrogen and oxygen atoms in total. The number of hydrogen-bond acceptors (Lipinski definition) is 3. The van der Waals surface area contributed by atoms with Crippen LogP contribution in [0.25, 0.3) is 0 Å². The van der Waals surface area contributed by atoms with Crippen molar-refractivity contribution in [3.8, 4) is 0 Å². The van der Waals surface area contributed by atoms with Gasteiger partial charge in [-0.25, -0.2) is 4.98 Å². The number of aromatic nitrogens is 2. The Bertz CT molecular complexity index is 368. The fraction of sp³-hybridized carbons (Fsp3) is 0.667. The quantitative estimate of drug-likeness (QED) is 0.815. The maximum absolute atomic E-state index is 11.9. The van der Waals surface area contributed by atoms with Crippen LogP contribution in [0.2, 0.25) is 0 Å². The second kappa shape index (κ2) is 5.82. The highest BCUT2D eigenvalue weighted by Gasteiger charge is 2.17. The van der Waals surface area contributed by atoms with Crippen LogP contribution in [0, 0.1) is 0 Å². The molecular weight excluding hydrogens is 216 g/mol. The highest BCUT2D eigenvalue weighted by molar-refractivity contribution is 5.76. The van der Waals surface area contributed by atoms with Crippen LogP contribution in [0.1, 0.15) is 25.5 Å². The van der Waals surface area contributed by atoms with E-state index in [0.717, 1.165) is 44.7 Å². The van der Waals surface area contributed by atoms with E-state index in [1.807, 2.05) is 15.7 Å². The molecule has 0 aromatic carbocycles. The smallest absolute Gasteiger partial charge is 0.242 e. The molecule has 1 fully saturated rings. The van der Waals surface area contributed by atoms with Crippen LogP contribution in [0.3, 0.4) is 0 Å². The molecule has 0 saturated carbocycles. The van der Waals surface area contributed by atoms with Crippen LogP contribution >= 0.6 is 0 Å². The number of nitrogens with zero attached hydrogens (tertiary/aromatic N) is 3. The average molecular weight is 236 g/mol. The highest BCUT2D eigenvalue weighted by atomic mass is 16.2. The Morgan fingerprint density at radius 1 is 1.47 bits per heavy atom. The van der Waals surface area contributed by atoms with Crippen molar-refractivity contribution in [3.63, 3.8) is 0 Å². The Morgan fingerprint density at radius 3 is 2.94 bits per heavy atom. The molecule has 0 unspecified atom stereocenters. The minimum Gasteiger partial charge on any atom is -0.341 e. The third-order valence-corrected chi connectivity index (χ3v) is 3.02. The van der Waals surface area contributed by atoms with Gasteiger partial charge in [0.25, 0.3) is 0 Å². The Labute approximate surface area is 102 Å². The average Bonchev–Trinajstić information content (AvgIpc) is 2.97. The van der Waals surface area contributed by atoms with Gasteiger partial charge in [-0.15, -0.1) is 0 Å². The zero-order valence-electron chi connectivity index (χ0n) is 10.4. The van der Waals surface area contributed by atoms with Gasteiger partial charge in [0.1, 0.15) is 6.54 Å². The van der Waals surface area contributed by atoms with Gasteiger partial charge in [-0.1, -0.05) is 6.92 Å². The van der Waals surface area contributed by atoms with E-state index >= 15 is 0 Å². The van der Waals surface area contributed by atoms with Gasteiger partial charge in [-0.2, -0.15) is 0 Å². The third-order valence-electron chi connectivity index (χ3n) is 3.02. The molecule has 1 amide bonds. The third kappa shape index (κ3) is 3.30. The molecule has 0 spiro atoms. The minimum atomic E-state index is 0.204. The zero-order valence-corrected chi connectivity index (χ0v) is 10.4. The van der Waals surface area contributed by atoms with Crippen LogP contribution < -0.4 is 5.32 Å². The van der Waals surface area contributed by atoms with Gasteiger partial charge in [0.2, 0.25) is 5.91 Å². The summed E-state index contributed by atoms with van der Waals surface area (Å²) in [7, 11) is 0. The van der Waals surface area contributed by atoms with Crippen molar-refractivity contribution in [1.82, 2.24) is 19.8 Å². The number of carbonyl (C=O) groups is 1. The molecule has 17 heavy (non-hydrogen) atoms. The van der Waals surface area contributed by atoms with Crippen molar-refractivity contribution in [2.75, 3.05) is 19.6 Å². The SMILES string of the molecule is CCNCc1cn(CC(=O)N2CCCC2)cn1. The fourth-order valence-electron chi connectivity index (χ4n) is 2.06. The lowest BCUT2D eigenvalue weighted by Gasteiger charge is -2.14. The predicted octanol–water partition coefficient (Wildman–Crippen LogP) is 0.615. The highest BCUT2D eigenvalue weighted by Crippen LogP contribution is 2.08. The van der Waals surface area contributed by atoms with Crippen molar-refractivity contribution >= 4 is 5.91 Å². The van der Waals surface area contributed by atoms with Gasteiger partial charge in [0, 0.05) is 25.8 Å². The molecule has 1 saturated heterocycles. The molecule has 0 aliphatic carbocycles. The first kappa shape index (κ1) is 12.1. The van der Waals surface area contributed by atoms with Gasteiger partial charge < -0.3 is 14.8 Å². The summed E-state index contributed by atoms with van der Waals surface area (Å²) in [5, 5.41) is 3.22. The second-order valence-electron chi connectivity index (χ2n) is 4.41. The van der Waals surface area contributed by atoms with E-state index in [2.05, 4.69) is 17.2 Å². The van der Waals surface area contributed by atoms with Gasteiger partial charge in [-0.3, -0.25) is 4.79 Å². The molecule has 5 heteroatoms. The summed E-state index contributed by atoms with van der Waals surface area (Å²) in [5.74, 6) is 0.204. The van der Waals surface area contributed by atoms with E-state index in [9.17, 15) is 4.79 Å². The Hall–Kier alpha value is -1.36. The normalized spacial score (nSPS) is 15.5. The summed E-state index contributed by atoms with van der Waals surface area (Å²) in [4.78, 5) is 18.1. The van der Waals surface area contributed by atoms with Crippen LogP contribution in [-0.4, -0.2) is 40.0 Å². The first-order chi connectivity index (χ1) is 8.29.